The first kappa shape index (κ1) is 17.0. The predicted octanol–water partition coefficient (Wildman–Crippen LogP) is 3.69. The van der Waals surface area contributed by atoms with Crippen molar-refractivity contribution >= 4 is 16.8 Å². The van der Waals surface area contributed by atoms with Crippen LogP contribution in [-0.2, 0) is 0 Å². The molecule has 4 rings (SSSR count). The fourth-order valence-corrected chi connectivity index (χ4v) is 3.20. The summed E-state index contributed by atoms with van der Waals surface area (Å²) in [5.74, 6) is -0.483. The van der Waals surface area contributed by atoms with Crippen molar-refractivity contribution in [3.8, 4) is 5.69 Å². The predicted molar refractivity (Wildman–Crippen MR) is 100 cm³/mol. The molecule has 1 atom stereocenters. The topological polar surface area (TPSA) is 75.6 Å². The third-order valence-electron chi connectivity index (χ3n) is 4.65. The molecule has 7 heteroatoms. The van der Waals surface area contributed by atoms with Gasteiger partial charge in [-0.3, -0.25) is 9.89 Å². The molecule has 2 heterocycles. The minimum atomic E-state index is -0.294. The van der Waals surface area contributed by atoms with Gasteiger partial charge in [-0.25, -0.2) is 9.07 Å². The number of nitrogens with zero attached hydrogens (tertiary/aromatic N) is 3. The fraction of sp³-hybridized carbons (Fsp3) is 0.150. The number of fused-ring (bicyclic) bond motifs is 1. The maximum absolute atomic E-state index is 13.1. The van der Waals surface area contributed by atoms with Crippen LogP contribution in [0.15, 0.2) is 54.9 Å². The highest BCUT2D eigenvalue weighted by atomic mass is 19.1. The Hall–Kier alpha value is -3.48. The first-order chi connectivity index (χ1) is 13.0. The van der Waals surface area contributed by atoms with Crippen LogP contribution in [0.1, 0.15) is 34.6 Å². The number of halogens is 1. The Balaban J connectivity index is 1.58. The fourth-order valence-electron chi connectivity index (χ4n) is 3.20. The highest BCUT2D eigenvalue weighted by Crippen LogP contribution is 2.22. The van der Waals surface area contributed by atoms with Gasteiger partial charge in [0.25, 0.3) is 5.91 Å². The van der Waals surface area contributed by atoms with E-state index in [0.717, 1.165) is 22.3 Å². The van der Waals surface area contributed by atoms with Gasteiger partial charge in [-0.15, -0.1) is 0 Å². The molecule has 0 saturated carbocycles. The molecule has 2 aromatic heterocycles. The van der Waals surface area contributed by atoms with E-state index in [-0.39, 0.29) is 17.8 Å². The van der Waals surface area contributed by atoms with Gasteiger partial charge >= 0.3 is 0 Å². The number of hydrogen-bond donors (Lipinski definition) is 2. The zero-order valence-electron chi connectivity index (χ0n) is 14.9. The van der Waals surface area contributed by atoms with Crippen molar-refractivity contribution in [2.75, 3.05) is 0 Å². The Labute approximate surface area is 155 Å². The van der Waals surface area contributed by atoms with Gasteiger partial charge in [-0.05, 0) is 44.2 Å². The minimum Gasteiger partial charge on any atom is -0.345 e. The van der Waals surface area contributed by atoms with Gasteiger partial charge in [0.15, 0.2) is 0 Å². The average molecular weight is 363 g/mol. The maximum atomic E-state index is 13.1. The van der Waals surface area contributed by atoms with E-state index < -0.39 is 0 Å². The van der Waals surface area contributed by atoms with Crippen molar-refractivity contribution in [3.05, 3.63) is 77.5 Å². The van der Waals surface area contributed by atoms with Crippen LogP contribution in [-0.4, -0.2) is 25.9 Å². The van der Waals surface area contributed by atoms with Gasteiger partial charge in [-0.2, -0.15) is 10.2 Å². The van der Waals surface area contributed by atoms with Crippen molar-refractivity contribution in [2.45, 2.75) is 19.9 Å². The molecule has 136 valence electrons. The average Bonchev–Trinajstić information content (AvgIpc) is 3.28. The third kappa shape index (κ3) is 3.08. The lowest BCUT2D eigenvalue weighted by Gasteiger charge is -2.14. The number of aromatic amines is 1. The smallest absolute Gasteiger partial charge is 0.253 e. The molecule has 0 aliphatic rings. The SMILES string of the molecule is Cc1c([C@@H](C)NC(=O)c2cccc3cn[nH]c23)cnn1-c1ccc(F)cc1. The number of nitrogens with one attached hydrogen (secondary N) is 2. The van der Waals surface area contributed by atoms with E-state index in [1.165, 1.54) is 12.1 Å². The van der Waals surface area contributed by atoms with Crippen molar-refractivity contribution in [3.63, 3.8) is 0 Å². The molecule has 0 spiro atoms. The van der Waals surface area contributed by atoms with E-state index in [2.05, 4.69) is 20.6 Å². The van der Waals surface area contributed by atoms with Crippen LogP contribution in [0.2, 0.25) is 0 Å². The standard InChI is InChI=1S/C20H18FN5O/c1-12(24-20(27)17-5-3-4-14-10-22-25-19(14)17)18-11-23-26(13(18)2)16-8-6-15(21)7-9-16/h3-12H,1-2H3,(H,22,25)(H,24,27)/t12-/m1/s1. The highest BCUT2D eigenvalue weighted by Gasteiger charge is 2.18. The quantitative estimate of drug-likeness (QED) is 0.581. The van der Waals surface area contributed by atoms with Crippen LogP contribution in [0.4, 0.5) is 4.39 Å². The number of carbonyl (C=O) groups is 1. The normalized spacial score (nSPS) is 12.3. The number of H-pyrrole nitrogens is 1. The van der Waals surface area contributed by atoms with Crippen LogP contribution >= 0.6 is 0 Å². The van der Waals surface area contributed by atoms with Crippen molar-refractivity contribution < 1.29 is 9.18 Å². The van der Waals surface area contributed by atoms with Crippen molar-refractivity contribution in [2.24, 2.45) is 0 Å². The number of aromatic nitrogens is 4. The molecule has 0 saturated heterocycles. The summed E-state index contributed by atoms with van der Waals surface area (Å²) in [7, 11) is 0. The number of hydrogen-bond acceptors (Lipinski definition) is 3. The summed E-state index contributed by atoms with van der Waals surface area (Å²) in [6, 6.07) is 11.4. The molecule has 0 fully saturated rings. The van der Waals surface area contributed by atoms with Crippen LogP contribution in [0.3, 0.4) is 0 Å². The summed E-state index contributed by atoms with van der Waals surface area (Å²) in [6.07, 6.45) is 3.41. The van der Waals surface area contributed by atoms with Crippen molar-refractivity contribution in [1.82, 2.24) is 25.3 Å². The Morgan fingerprint density at radius 2 is 1.96 bits per heavy atom. The Morgan fingerprint density at radius 3 is 2.74 bits per heavy atom. The van der Waals surface area contributed by atoms with Crippen LogP contribution < -0.4 is 5.32 Å². The summed E-state index contributed by atoms with van der Waals surface area (Å²) in [5.41, 5.74) is 3.79. The third-order valence-corrected chi connectivity index (χ3v) is 4.65. The van der Waals surface area contributed by atoms with E-state index >= 15 is 0 Å². The van der Waals surface area contributed by atoms with Crippen LogP contribution in [0.5, 0.6) is 0 Å². The number of rotatable bonds is 4. The Morgan fingerprint density at radius 1 is 1.19 bits per heavy atom. The molecule has 4 aromatic rings. The first-order valence-electron chi connectivity index (χ1n) is 8.58. The maximum Gasteiger partial charge on any atom is 0.253 e. The summed E-state index contributed by atoms with van der Waals surface area (Å²) in [6.45, 7) is 3.83. The van der Waals surface area contributed by atoms with Crippen molar-refractivity contribution in [1.29, 1.82) is 0 Å². The lowest BCUT2D eigenvalue weighted by molar-refractivity contribution is 0.0941. The lowest BCUT2D eigenvalue weighted by atomic mass is 10.1. The van der Waals surface area contributed by atoms with Gasteiger partial charge in [0.05, 0.1) is 35.2 Å². The van der Waals surface area contributed by atoms with E-state index in [1.54, 1.807) is 35.3 Å². The largest absolute Gasteiger partial charge is 0.345 e. The second kappa shape index (κ2) is 6.68. The molecule has 1 amide bonds. The monoisotopic (exact) mass is 363 g/mol. The summed E-state index contributed by atoms with van der Waals surface area (Å²) >= 11 is 0. The van der Waals surface area contributed by atoms with Crippen LogP contribution in [0.25, 0.3) is 16.6 Å². The number of amides is 1. The number of para-hydroxylation sites is 1. The molecule has 0 aliphatic carbocycles. The van der Waals surface area contributed by atoms with E-state index in [9.17, 15) is 9.18 Å². The van der Waals surface area contributed by atoms with Gasteiger partial charge < -0.3 is 5.32 Å². The molecule has 27 heavy (non-hydrogen) atoms. The van der Waals surface area contributed by atoms with Gasteiger partial charge in [0.2, 0.25) is 0 Å². The van der Waals surface area contributed by atoms with E-state index in [1.807, 2.05) is 26.0 Å². The first-order valence-corrected chi connectivity index (χ1v) is 8.58. The molecule has 0 bridgehead atoms. The highest BCUT2D eigenvalue weighted by molar-refractivity contribution is 6.05. The summed E-state index contributed by atoms with van der Waals surface area (Å²) in [4.78, 5) is 12.7. The summed E-state index contributed by atoms with van der Waals surface area (Å²) < 4.78 is 14.9. The van der Waals surface area contributed by atoms with Gasteiger partial charge in [-0.1, -0.05) is 12.1 Å². The number of carbonyl (C=O) groups excluding carboxylic acids is 1. The minimum absolute atomic E-state index is 0.189. The van der Waals surface area contributed by atoms with E-state index in [4.69, 9.17) is 0 Å². The second-order valence-corrected chi connectivity index (χ2v) is 6.41. The zero-order valence-corrected chi connectivity index (χ0v) is 14.9. The zero-order chi connectivity index (χ0) is 19.0. The second-order valence-electron chi connectivity index (χ2n) is 6.41. The lowest BCUT2D eigenvalue weighted by Crippen LogP contribution is -2.27. The molecular weight excluding hydrogens is 345 g/mol. The Bertz CT molecular complexity index is 1110. The van der Waals surface area contributed by atoms with Gasteiger partial charge in [0.1, 0.15) is 5.82 Å². The van der Waals surface area contributed by atoms with Crippen LogP contribution in [0, 0.1) is 12.7 Å². The van der Waals surface area contributed by atoms with E-state index in [0.29, 0.717) is 11.1 Å². The molecule has 2 aromatic carbocycles. The van der Waals surface area contributed by atoms with Gasteiger partial charge in [0, 0.05) is 16.6 Å². The molecule has 0 aliphatic heterocycles. The summed E-state index contributed by atoms with van der Waals surface area (Å²) in [5, 5.41) is 15.1. The molecule has 2 N–H and O–H groups in total. The number of benzene rings is 2. The molecule has 6 nitrogen and oxygen atoms in total. The molecule has 0 radical (unpaired) electrons. The Kier molecular flexibility index (Phi) is 4.19. The molecular formula is C20H18FN5O. The molecule has 0 unspecified atom stereocenters.